The second-order valence-electron chi connectivity index (χ2n) is 6.84. The number of hydrogen-bond donors (Lipinski definition) is 2. The molecule has 0 unspecified atom stereocenters. The van der Waals surface area contributed by atoms with Gasteiger partial charge in [-0.2, -0.15) is 0 Å². The largest absolute Gasteiger partial charge is 0.443 e. The summed E-state index contributed by atoms with van der Waals surface area (Å²) in [5.74, 6) is 5.79. The van der Waals surface area contributed by atoms with Crippen molar-refractivity contribution >= 4 is 12.0 Å². The van der Waals surface area contributed by atoms with Gasteiger partial charge in [0.15, 0.2) is 0 Å². The van der Waals surface area contributed by atoms with Crippen molar-refractivity contribution in [3.63, 3.8) is 0 Å². The molecule has 1 heterocycles. The number of amides is 2. The molecule has 2 amide bonds. The minimum absolute atomic E-state index is 0.0550. The number of nitrogens with zero attached hydrogens (tertiary/aromatic N) is 3. The predicted molar refractivity (Wildman–Crippen MR) is 105 cm³/mol. The number of pyridine rings is 1. The average molecular weight is 385 g/mol. The molecule has 1 aromatic carbocycles. The summed E-state index contributed by atoms with van der Waals surface area (Å²) in [7, 11) is 0. The molecule has 0 spiro atoms. The third kappa shape index (κ3) is 7.73. The van der Waals surface area contributed by atoms with Gasteiger partial charge >= 0.3 is 6.09 Å². The van der Waals surface area contributed by atoms with Crippen LogP contribution in [-0.4, -0.2) is 40.1 Å². The zero-order valence-corrected chi connectivity index (χ0v) is 16.2. The molecule has 2 aromatic rings. The fraction of sp³-hybridized carbons (Fsp3) is 0.350. The van der Waals surface area contributed by atoms with E-state index in [-0.39, 0.29) is 25.0 Å². The van der Waals surface area contributed by atoms with Crippen LogP contribution in [0.2, 0.25) is 0 Å². The lowest BCUT2D eigenvalue weighted by Crippen LogP contribution is -2.52. The summed E-state index contributed by atoms with van der Waals surface area (Å²) >= 11 is 0. The molecular formula is C20H27N5O3. The van der Waals surface area contributed by atoms with Crippen molar-refractivity contribution in [2.24, 2.45) is 11.8 Å². The van der Waals surface area contributed by atoms with Crippen molar-refractivity contribution < 1.29 is 14.3 Å². The number of carbonyl (C=O) groups is 2. The van der Waals surface area contributed by atoms with E-state index in [1.165, 1.54) is 10.0 Å². The zero-order valence-electron chi connectivity index (χ0n) is 16.2. The SMILES string of the molecule is CC(C)CN(NC(=O)OCc1ccccc1)C(=O)CN(N)Cc1cccnc1. The molecule has 0 aliphatic carbocycles. The van der Waals surface area contributed by atoms with Gasteiger partial charge in [0.25, 0.3) is 5.91 Å². The van der Waals surface area contributed by atoms with Gasteiger partial charge in [-0.3, -0.25) is 15.6 Å². The molecule has 0 aliphatic heterocycles. The van der Waals surface area contributed by atoms with E-state index in [4.69, 9.17) is 10.6 Å². The highest BCUT2D eigenvalue weighted by Crippen LogP contribution is 2.03. The van der Waals surface area contributed by atoms with Gasteiger partial charge in [-0.05, 0) is 23.1 Å². The molecule has 3 N–H and O–H groups in total. The Hall–Kier alpha value is -2.97. The van der Waals surface area contributed by atoms with Crippen molar-refractivity contribution in [1.29, 1.82) is 0 Å². The molecule has 0 bridgehead atoms. The minimum Gasteiger partial charge on any atom is -0.443 e. The van der Waals surface area contributed by atoms with Gasteiger partial charge in [0.05, 0.1) is 6.54 Å². The fourth-order valence-corrected chi connectivity index (χ4v) is 2.48. The molecule has 0 fully saturated rings. The van der Waals surface area contributed by atoms with Crippen LogP contribution in [0.4, 0.5) is 4.79 Å². The first-order valence-corrected chi connectivity index (χ1v) is 9.10. The second kappa shape index (κ2) is 11.0. The number of rotatable bonds is 8. The van der Waals surface area contributed by atoms with Gasteiger partial charge in [-0.25, -0.2) is 20.2 Å². The van der Waals surface area contributed by atoms with Crippen LogP contribution in [0, 0.1) is 5.92 Å². The highest BCUT2D eigenvalue weighted by molar-refractivity contribution is 5.80. The van der Waals surface area contributed by atoms with E-state index < -0.39 is 6.09 Å². The van der Waals surface area contributed by atoms with E-state index in [0.717, 1.165) is 11.1 Å². The Morgan fingerprint density at radius 2 is 1.86 bits per heavy atom. The summed E-state index contributed by atoms with van der Waals surface area (Å²) in [6.07, 6.45) is 2.67. The molecule has 1 aromatic heterocycles. The Balaban J connectivity index is 1.87. The van der Waals surface area contributed by atoms with E-state index in [1.54, 1.807) is 18.5 Å². The highest BCUT2D eigenvalue weighted by atomic mass is 16.6. The molecule has 28 heavy (non-hydrogen) atoms. The smallest absolute Gasteiger partial charge is 0.426 e. The Morgan fingerprint density at radius 1 is 1.14 bits per heavy atom. The standard InChI is InChI=1S/C20H27N5O3/c1-16(2)12-25(23-20(27)28-15-17-7-4-3-5-8-17)19(26)14-24(21)13-18-9-6-10-22-11-18/h3-11,16H,12-15,21H2,1-2H3,(H,23,27). The Labute approximate surface area is 165 Å². The van der Waals surface area contributed by atoms with Crippen LogP contribution in [0.15, 0.2) is 54.9 Å². The highest BCUT2D eigenvalue weighted by Gasteiger charge is 2.20. The summed E-state index contributed by atoms with van der Waals surface area (Å²) < 4.78 is 5.19. The lowest BCUT2D eigenvalue weighted by atomic mass is 10.2. The molecule has 0 saturated carbocycles. The first kappa shape index (κ1) is 21.3. The third-order valence-corrected chi connectivity index (χ3v) is 3.73. The first-order chi connectivity index (χ1) is 13.4. The number of hydrogen-bond acceptors (Lipinski definition) is 6. The van der Waals surface area contributed by atoms with E-state index in [0.29, 0.717) is 13.1 Å². The van der Waals surface area contributed by atoms with Gasteiger partial charge in [0, 0.05) is 25.5 Å². The van der Waals surface area contributed by atoms with Crippen LogP contribution < -0.4 is 11.3 Å². The van der Waals surface area contributed by atoms with Gasteiger partial charge in [-0.15, -0.1) is 0 Å². The zero-order chi connectivity index (χ0) is 20.4. The van der Waals surface area contributed by atoms with Crippen molar-refractivity contribution in [2.75, 3.05) is 13.1 Å². The normalized spacial score (nSPS) is 10.8. The maximum atomic E-state index is 12.6. The quantitative estimate of drug-likeness (QED) is 0.533. The first-order valence-electron chi connectivity index (χ1n) is 9.10. The molecule has 0 radical (unpaired) electrons. The Kier molecular flexibility index (Phi) is 8.38. The Morgan fingerprint density at radius 3 is 2.50 bits per heavy atom. The number of nitrogens with two attached hydrogens (primary N) is 1. The lowest BCUT2D eigenvalue weighted by Gasteiger charge is -2.26. The summed E-state index contributed by atoms with van der Waals surface area (Å²) in [6.45, 7) is 4.69. The molecule has 0 aliphatic rings. The van der Waals surface area contributed by atoms with Crippen LogP contribution in [0.5, 0.6) is 0 Å². The van der Waals surface area contributed by atoms with Crippen LogP contribution in [0.3, 0.4) is 0 Å². The lowest BCUT2D eigenvalue weighted by molar-refractivity contribution is -0.136. The predicted octanol–water partition coefficient (Wildman–Crippen LogP) is 2.08. The summed E-state index contributed by atoms with van der Waals surface area (Å²) in [5.41, 5.74) is 4.27. The summed E-state index contributed by atoms with van der Waals surface area (Å²) in [4.78, 5) is 28.7. The van der Waals surface area contributed by atoms with Gasteiger partial charge in [-0.1, -0.05) is 50.2 Å². The summed E-state index contributed by atoms with van der Waals surface area (Å²) in [5, 5.41) is 2.63. The molecule has 0 saturated heterocycles. The van der Waals surface area contributed by atoms with E-state index in [9.17, 15) is 9.59 Å². The van der Waals surface area contributed by atoms with Gasteiger partial charge in [0.2, 0.25) is 0 Å². The summed E-state index contributed by atoms with van der Waals surface area (Å²) in [6, 6.07) is 13.0. The van der Waals surface area contributed by atoms with Gasteiger partial charge in [0.1, 0.15) is 6.61 Å². The molecule has 8 nitrogen and oxygen atoms in total. The fourth-order valence-electron chi connectivity index (χ4n) is 2.48. The van der Waals surface area contributed by atoms with E-state index in [2.05, 4.69) is 10.4 Å². The van der Waals surface area contributed by atoms with Crippen LogP contribution >= 0.6 is 0 Å². The van der Waals surface area contributed by atoms with E-state index >= 15 is 0 Å². The molecule has 150 valence electrons. The monoisotopic (exact) mass is 385 g/mol. The molecule has 8 heteroatoms. The molecule has 2 rings (SSSR count). The van der Waals surface area contributed by atoms with Crippen molar-refractivity contribution in [2.45, 2.75) is 27.0 Å². The van der Waals surface area contributed by atoms with Crippen LogP contribution in [0.1, 0.15) is 25.0 Å². The number of aromatic nitrogens is 1. The molecule has 0 atom stereocenters. The topological polar surface area (TPSA) is 101 Å². The van der Waals surface area contributed by atoms with E-state index in [1.807, 2.05) is 50.2 Å². The number of nitrogens with one attached hydrogen (secondary N) is 1. The van der Waals surface area contributed by atoms with Crippen LogP contribution in [0.25, 0.3) is 0 Å². The average Bonchev–Trinajstić information content (AvgIpc) is 2.67. The maximum absolute atomic E-state index is 12.6. The minimum atomic E-state index is -0.686. The maximum Gasteiger partial charge on any atom is 0.426 e. The van der Waals surface area contributed by atoms with Crippen LogP contribution in [-0.2, 0) is 22.7 Å². The third-order valence-electron chi connectivity index (χ3n) is 3.73. The van der Waals surface area contributed by atoms with Gasteiger partial charge < -0.3 is 4.74 Å². The number of carbonyl (C=O) groups excluding carboxylic acids is 2. The Bertz CT molecular complexity index is 740. The number of ether oxygens (including phenoxy) is 1. The van der Waals surface area contributed by atoms with Crippen molar-refractivity contribution in [1.82, 2.24) is 20.4 Å². The second-order valence-corrected chi connectivity index (χ2v) is 6.84. The number of benzene rings is 1. The van der Waals surface area contributed by atoms with Crippen molar-refractivity contribution in [3.05, 3.63) is 66.0 Å². The molecular weight excluding hydrogens is 358 g/mol. The van der Waals surface area contributed by atoms with Crippen molar-refractivity contribution in [3.8, 4) is 0 Å². The number of hydrazine groups is 2.